The minimum absolute atomic E-state index is 0.0285. The Labute approximate surface area is 126 Å². The van der Waals surface area contributed by atoms with Crippen LogP contribution >= 0.6 is 23.2 Å². The van der Waals surface area contributed by atoms with Gasteiger partial charge in [-0.25, -0.2) is 9.59 Å². The SMILES string of the molecule is CCC1CC1NC(=O)Nc1c(Cl)cc(C(=O)O)cc1Cl. The zero-order valence-electron chi connectivity index (χ0n) is 10.7. The number of hydrogen-bond donors (Lipinski definition) is 3. The maximum absolute atomic E-state index is 11.8. The van der Waals surface area contributed by atoms with Crippen molar-refractivity contribution in [2.24, 2.45) is 5.92 Å². The summed E-state index contributed by atoms with van der Waals surface area (Å²) < 4.78 is 0. The molecular weight excluding hydrogens is 303 g/mol. The molecule has 0 aliphatic heterocycles. The molecule has 20 heavy (non-hydrogen) atoms. The summed E-state index contributed by atoms with van der Waals surface area (Å²) in [4.78, 5) is 22.6. The number of aromatic carboxylic acids is 1. The first-order valence-corrected chi connectivity index (χ1v) is 6.97. The van der Waals surface area contributed by atoms with Gasteiger partial charge in [0.1, 0.15) is 0 Å². The Hall–Kier alpha value is -1.46. The van der Waals surface area contributed by atoms with E-state index >= 15 is 0 Å². The molecule has 1 aliphatic carbocycles. The molecule has 108 valence electrons. The predicted octanol–water partition coefficient (Wildman–Crippen LogP) is 3.61. The number of hydrogen-bond acceptors (Lipinski definition) is 2. The molecule has 1 aromatic rings. The smallest absolute Gasteiger partial charge is 0.335 e. The highest BCUT2D eigenvalue weighted by Crippen LogP contribution is 2.34. The molecule has 0 spiro atoms. The molecule has 0 radical (unpaired) electrons. The summed E-state index contributed by atoms with van der Waals surface area (Å²) >= 11 is 11.9. The van der Waals surface area contributed by atoms with Gasteiger partial charge in [0.2, 0.25) is 0 Å². The number of halogens is 2. The van der Waals surface area contributed by atoms with Crippen LogP contribution in [0.1, 0.15) is 30.1 Å². The van der Waals surface area contributed by atoms with Crippen LogP contribution in [0.4, 0.5) is 10.5 Å². The molecule has 1 saturated carbocycles. The Balaban J connectivity index is 2.06. The van der Waals surface area contributed by atoms with E-state index in [0.717, 1.165) is 12.8 Å². The van der Waals surface area contributed by atoms with Crippen LogP contribution in [-0.2, 0) is 0 Å². The number of rotatable bonds is 4. The van der Waals surface area contributed by atoms with Crippen molar-refractivity contribution in [1.82, 2.24) is 5.32 Å². The van der Waals surface area contributed by atoms with Gasteiger partial charge in [0.25, 0.3) is 0 Å². The number of nitrogens with one attached hydrogen (secondary N) is 2. The molecule has 2 rings (SSSR count). The first-order chi connectivity index (χ1) is 9.42. The third-order valence-corrected chi connectivity index (χ3v) is 3.89. The highest BCUT2D eigenvalue weighted by Gasteiger charge is 2.36. The quantitative estimate of drug-likeness (QED) is 0.794. The monoisotopic (exact) mass is 316 g/mol. The van der Waals surface area contributed by atoms with Crippen molar-refractivity contribution in [3.63, 3.8) is 0 Å². The summed E-state index contributed by atoms with van der Waals surface area (Å²) in [5.41, 5.74) is 0.184. The van der Waals surface area contributed by atoms with E-state index in [0.29, 0.717) is 5.92 Å². The van der Waals surface area contributed by atoms with Gasteiger partial charge < -0.3 is 15.7 Å². The Morgan fingerprint density at radius 3 is 2.40 bits per heavy atom. The van der Waals surface area contributed by atoms with Gasteiger partial charge in [0, 0.05) is 6.04 Å². The molecule has 0 bridgehead atoms. The van der Waals surface area contributed by atoms with Crippen LogP contribution in [-0.4, -0.2) is 23.1 Å². The standard InChI is InChI=1S/C13H14Cl2N2O3/c1-2-6-5-10(6)16-13(20)17-11-8(14)3-7(12(18)19)4-9(11)15/h3-4,6,10H,2,5H2,1H3,(H,18,19)(H2,16,17,20). The predicted molar refractivity (Wildman–Crippen MR) is 77.8 cm³/mol. The summed E-state index contributed by atoms with van der Waals surface area (Å²) in [7, 11) is 0. The van der Waals surface area contributed by atoms with Gasteiger partial charge in [0.15, 0.2) is 0 Å². The third-order valence-electron chi connectivity index (χ3n) is 3.29. The minimum Gasteiger partial charge on any atom is -0.478 e. The van der Waals surface area contributed by atoms with Crippen LogP contribution in [0.2, 0.25) is 10.0 Å². The van der Waals surface area contributed by atoms with Gasteiger partial charge in [-0.1, -0.05) is 36.5 Å². The molecule has 7 heteroatoms. The van der Waals surface area contributed by atoms with Gasteiger partial charge in [-0.05, 0) is 24.5 Å². The van der Waals surface area contributed by atoms with E-state index in [-0.39, 0.29) is 27.3 Å². The number of urea groups is 1. The van der Waals surface area contributed by atoms with Crippen LogP contribution in [0.25, 0.3) is 0 Å². The van der Waals surface area contributed by atoms with E-state index in [4.69, 9.17) is 28.3 Å². The molecule has 0 heterocycles. The molecule has 0 aromatic heterocycles. The molecule has 3 N–H and O–H groups in total. The zero-order valence-corrected chi connectivity index (χ0v) is 12.3. The lowest BCUT2D eigenvalue weighted by atomic mass is 10.2. The van der Waals surface area contributed by atoms with E-state index in [1.54, 1.807) is 0 Å². The molecule has 2 atom stereocenters. The molecule has 1 aliphatic rings. The molecule has 2 amide bonds. The number of carboxylic acid groups (broad SMARTS) is 1. The fourth-order valence-electron chi connectivity index (χ4n) is 2.01. The van der Waals surface area contributed by atoms with Crippen molar-refractivity contribution in [2.75, 3.05) is 5.32 Å². The fourth-order valence-corrected chi connectivity index (χ4v) is 2.59. The van der Waals surface area contributed by atoms with E-state index in [1.807, 2.05) is 0 Å². The lowest BCUT2D eigenvalue weighted by molar-refractivity contribution is 0.0697. The average molecular weight is 317 g/mol. The number of benzene rings is 1. The minimum atomic E-state index is -1.13. The number of carboxylic acids is 1. The van der Waals surface area contributed by atoms with Crippen molar-refractivity contribution in [1.29, 1.82) is 0 Å². The first kappa shape index (κ1) is 14.9. The second kappa shape index (κ2) is 5.89. The van der Waals surface area contributed by atoms with E-state index in [9.17, 15) is 9.59 Å². The summed E-state index contributed by atoms with van der Waals surface area (Å²) in [5.74, 6) is -0.602. The lowest BCUT2D eigenvalue weighted by Crippen LogP contribution is -2.31. The molecule has 1 fully saturated rings. The maximum Gasteiger partial charge on any atom is 0.335 e. The lowest BCUT2D eigenvalue weighted by Gasteiger charge is -2.11. The van der Waals surface area contributed by atoms with Gasteiger partial charge in [0.05, 0.1) is 21.3 Å². The number of carbonyl (C=O) groups is 2. The summed E-state index contributed by atoms with van der Waals surface area (Å²) in [6, 6.07) is 2.29. The molecule has 5 nitrogen and oxygen atoms in total. The van der Waals surface area contributed by atoms with Crippen LogP contribution in [0.15, 0.2) is 12.1 Å². The number of amides is 2. The van der Waals surface area contributed by atoms with Crippen molar-refractivity contribution >= 4 is 40.9 Å². The highest BCUT2D eigenvalue weighted by molar-refractivity contribution is 6.40. The van der Waals surface area contributed by atoms with Gasteiger partial charge in [-0.2, -0.15) is 0 Å². The molecule has 1 aromatic carbocycles. The van der Waals surface area contributed by atoms with Crippen molar-refractivity contribution < 1.29 is 14.7 Å². The van der Waals surface area contributed by atoms with Crippen LogP contribution in [0.5, 0.6) is 0 Å². The Kier molecular flexibility index (Phi) is 4.40. The Morgan fingerprint density at radius 2 is 1.95 bits per heavy atom. The van der Waals surface area contributed by atoms with Gasteiger partial charge in [-0.3, -0.25) is 0 Å². The third kappa shape index (κ3) is 3.35. The summed E-state index contributed by atoms with van der Waals surface area (Å²) in [5, 5.41) is 14.4. The second-order valence-corrected chi connectivity index (χ2v) is 5.54. The van der Waals surface area contributed by atoms with Crippen molar-refractivity contribution in [3.05, 3.63) is 27.7 Å². The average Bonchev–Trinajstić information content (AvgIpc) is 3.11. The maximum atomic E-state index is 11.8. The van der Waals surface area contributed by atoms with Crippen LogP contribution < -0.4 is 10.6 Å². The zero-order chi connectivity index (χ0) is 14.9. The normalized spacial score (nSPS) is 20.4. The highest BCUT2D eigenvalue weighted by atomic mass is 35.5. The summed E-state index contributed by atoms with van der Waals surface area (Å²) in [6.45, 7) is 2.07. The van der Waals surface area contributed by atoms with E-state index in [1.165, 1.54) is 12.1 Å². The first-order valence-electron chi connectivity index (χ1n) is 6.22. The largest absolute Gasteiger partial charge is 0.478 e. The van der Waals surface area contributed by atoms with Gasteiger partial charge >= 0.3 is 12.0 Å². The van der Waals surface area contributed by atoms with E-state index in [2.05, 4.69) is 17.6 Å². The Bertz CT molecular complexity index is 540. The van der Waals surface area contributed by atoms with Crippen molar-refractivity contribution in [3.8, 4) is 0 Å². The topological polar surface area (TPSA) is 78.4 Å². The fraction of sp³-hybridized carbons (Fsp3) is 0.385. The van der Waals surface area contributed by atoms with Crippen LogP contribution in [0, 0.1) is 5.92 Å². The number of anilines is 1. The molecule has 0 saturated heterocycles. The van der Waals surface area contributed by atoms with E-state index < -0.39 is 12.0 Å². The van der Waals surface area contributed by atoms with Gasteiger partial charge in [-0.15, -0.1) is 0 Å². The molecular formula is C13H14Cl2N2O3. The van der Waals surface area contributed by atoms with Crippen molar-refractivity contribution in [2.45, 2.75) is 25.8 Å². The molecule has 2 unspecified atom stereocenters. The Morgan fingerprint density at radius 1 is 1.35 bits per heavy atom. The second-order valence-electron chi connectivity index (χ2n) is 4.73. The van der Waals surface area contributed by atoms with Crippen LogP contribution in [0.3, 0.4) is 0 Å². The number of carbonyl (C=O) groups excluding carboxylic acids is 1. The summed E-state index contributed by atoms with van der Waals surface area (Å²) in [6.07, 6.45) is 2.00.